The lowest BCUT2D eigenvalue weighted by Crippen LogP contribution is -2.65. The van der Waals surface area contributed by atoms with Gasteiger partial charge in [0.2, 0.25) is 5.91 Å². The molecule has 5 heterocycles. The van der Waals surface area contributed by atoms with E-state index >= 15 is 0 Å². The number of nitrogens with two attached hydrogens (primary N) is 1. The highest BCUT2D eigenvalue weighted by molar-refractivity contribution is 8.76. The molecule has 6 fully saturated rings. The molecule has 5 aliphatic heterocycles. The Morgan fingerprint density at radius 2 is 2.00 bits per heavy atom. The van der Waals surface area contributed by atoms with Gasteiger partial charge in [0, 0.05) is 74.6 Å². The summed E-state index contributed by atoms with van der Waals surface area (Å²) in [6, 6.07) is 0.296. The van der Waals surface area contributed by atoms with Crippen molar-refractivity contribution in [3.05, 3.63) is 23.3 Å². The van der Waals surface area contributed by atoms with E-state index < -0.39 is 11.2 Å². The topological polar surface area (TPSA) is 161 Å². The number of ether oxygens (including phenoxy) is 3. The summed E-state index contributed by atoms with van der Waals surface area (Å²) in [6.45, 7) is 7.06. The standard InChI is InChI=1S/C39H59N3O8S2/c1-4-22(2)36(46)50-38(3)8-5-24-20-51-52-21-29-6-9-42(29)34(45)14-28-18-41-33(40)15-30(28)35(24)39(38)17-27-13-25-12-26(11-23(19-44)7-10-43)37(47)48-31(25)16-32(27)49-39/h4-5,23,25-33,35,41,43-44H,6-21,40H2,1-3H3/t23-,25?,26?,27?,28?,29+,30?,31?,32?,33?,35-,38+,39+/m1/s1. The summed E-state index contributed by atoms with van der Waals surface area (Å²) in [4.78, 5) is 43.0. The van der Waals surface area contributed by atoms with Gasteiger partial charge in [-0.05, 0) is 95.3 Å². The van der Waals surface area contributed by atoms with Gasteiger partial charge in [-0.15, -0.1) is 0 Å². The number of nitrogens with zero attached hydrogens (tertiary/aromatic N) is 1. The molecule has 8 unspecified atom stereocenters. The number of aliphatic hydroxyl groups is 2. The van der Waals surface area contributed by atoms with E-state index in [1.165, 1.54) is 5.57 Å². The zero-order valence-corrected chi connectivity index (χ0v) is 32.6. The van der Waals surface area contributed by atoms with Crippen LogP contribution in [0.1, 0.15) is 85.0 Å². The Hall–Kier alpha value is -1.61. The Morgan fingerprint density at radius 1 is 1.17 bits per heavy atom. The Labute approximate surface area is 316 Å². The smallest absolute Gasteiger partial charge is 0.334 e. The minimum atomic E-state index is -0.982. The largest absolute Gasteiger partial charge is 0.462 e. The summed E-state index contributed by atoms with van der Waals surface area (Å²) in [6.07, 6.45) is 9.95. The molecule has 1 spiro atoms. The average Bonchev–Trinajstić information content (AvgIpc) is 3.47. The summed E-state index contributed by atoms with van der Waals surface area (Å²) in [5, 5.41) is 22.9. The Bertz CT molecular complexity index is 1430. The Kier molecular flexibility index (Phi) is 11.8. The fourth-order valence-electron chi connectivity index (χ4n) is 10.8. The van der Waals surface area contributed by atoms with Crippen molar-refractivity contribution >= 4 is 39.4 Å². The van der Waals surface area contributed by atoms with Crippen LogP contribution in [-0.4, -0.2) is 106 Å². The minimum absolute atomic E-state index is 0.0241. The van der Waals surface area contributed by atoms with E-state index in [1.807, 2.05) is 28.5 Å². The quantitative estimate of drug-likeness (QED) is 0.128. The molecule has 52 heavy (non-hydrogen) atoms. The van der Waals surface area contributed by atoms with Gasteiger partial charge in [0.25, 0.3) is 0 Å². The number of aliphatic hydroxyl groups excluding tert-OH is 2. The van der Waals surface area contributed by atoms with Crippen molar-refractivity contribution in [2.75, 3.05) is 37.8 Å². The number of amides is 1. The number of hydrogen-bond acceptors (Lipinski definition) is 12. The van der Waals surface area contributed by atoms with Crippen molar-refractivity contribution in [2.45, 2.75) is 121 Å². The van der Waals surface area contributed by atoms with Crippen molar-refractivity contribution in [1.29, 1.82) is 0 Å². The molecule has 13 atom stereocenters. The van der Waals surface area contributed by atoms with Gasteiger partial charge in [0.1, 0.15) is 17.3 Å². The van der Waals surface area contributed by atoms with Gasteiger partial charge < -0.3 is 40.4 Å². The van der Waals surface area contributed by atoms with Gasteiger partial charge in [-0.25, -0.2) is 4.79 Å². The summed E-state index contributed by atoms with van der Waals surface area (Å²) in [5.41, 5.74) is 6.71. The lowest BCUT2D eigenvalue weighted by molar-refractivity contribution is -0.229. The normalized spacial score (nSPS) is 42.8. The summed E-state index contributed by atoms with van der Waals surface area (Å²) in [5.74, 6) is 1.23. The van der Waals surface area contributed by atoms with Crippen molar-refractivity contribution in [3.8, 4) is 0 Å². The van der Waals surface area contributed by atoms with E-state index in [0.29, 0.717) is 69.5 Å². The molecule has 0 bridgehead atoms. The number of carbonyl (C=O) groups excluding carboxylic acids is 3. The first-order valence-electron chi connectivity index (χ1n) is 19.7. The first-order valence-corrected chi connectivity index (χ1v) is 22.2. The number of rotatable bonds is 7. The second-order valence-corrected chi connectivity index (χ2v) is 19.5. The van der Waals surface area contributed by atoms with E-state index in [9.17, 15) is 24.6 Å². The third-order valence-electron chi connectivity index (χ3n) is 13.9. The highest BCUT2D eigenvalue weighted by Gasteiger charge is 2.68. The zero-order valence-electron chi connectivity index (χ0n) is 31.0. The zero-order chi connectivity index (χ0) is 36.8. The van der Waals surface area contributed by atoms with Crippen LogP contribution >= 0.6 is 21.6 Å². The lowest BCUT2D eigenvalue weighted by atomic mass is 9.56. The molecule has 0 aromatic carbocycles. The SMILES string of the molecule is CC=C(C)C(=O)O[C@@]1(C)CC=C2CSSC[C@@H]3CCN3C(=O)CC3CNC(N)CC3[C@@H]2[C@@]12CC1CC3CC(C[C@H](CO)CCO)C(=O)OC3CC1O2. The maximum Gasteiger partial charge on any atom is 0.334 e. The molecule has 0 aromatic heterocycles. The number of carbonyl (C=O) groups is 3. The number of piperidine rings is 1. The second kappa shape index (κ2) is 15.9. The van der Waals surface area contributed by atoms with Gasteiger partial charge in [0.05, 0.1) is 18.2 Å². The number of fused-ring (bicyclic) bond motifs is 7. The molecule has 11 nitrogen and oxygen atoms in total. The van der Waals surface area contributed by atoms with Crippen molar-refractivity contribution in [1.82, 2.24) is 10.2 Å². The van der Waals surface area contributed by atoms with Crippen LogP contribution in [0.25, 0.3) is 0 Å². The van der Waals surface area contributed by atoms with Crippen LogP contribution in [0.3, 0.4) is 0 Å². The van der Waals surface area contributed by atoms with Crippen LogP contribution < -0.4 is 11.1 Å². The van der Waals surface area contributed by atoms with E-state index in [2.05, 4.69) is 23.2 Å². The molecule has 5 N–H and O–H groups in total. The van der Waals surface area contributed by atoms with Gasteiger partial charge in [-0.1, -0.05) is 39.3 Å². The van der Waals surface area contributed by atoms with Crippen molar-refractivity contribution in [2.24, 2.45) is 47.2 Å². The van der Waals surface area contributed by atoms with Crippen molar-refractivity contribution in [3.63, 3.8) is 0 Å². The summed E-state index contributed by atoms with van der Waals surface area (Å²) >= 11 is 0. The highest BCUT2D eigenvalue weighted by atomic mass is 33.1. The predicted molar refractivity (Wildman–Crippen MR) is 201 cm³/mol. The first-order chi connectivity index (χ1) is 25.0. The lowest BCUT2D eigenvalue weighted by Gasteiger charge is -2.57. The number of esters is 2. The molecule has 7 rings (SSSR count). The van der Waals surface area contributed by atoms with Crippen LogP contribution in [0.2, 0.25) is 0 Å². The molecule has 290 valence electrons. The van der Waals surface area contributed by atoms with E-state index in [-0.39, 0.29) is 90.9 Å². The van der Waals surface area contributed by atoms with Crippen LogP contribution in [-0.2, 0) is 28.6 Å². The fraction of sp³-hybridized carbons (Fsp3) is 0.821. The Morgan fingerprint density at radius 3 is 2.73 bits per heavy atom. The van der Waals surface area contributed by atoms with E-state index in [0.717, 1.165) is 30.9 Å². The molecule has 0 aromatic rings. The van der Waals surface area contributed by atoms with E-state index in [4.69, 9.17) is 19.9 Å². The maximum absolute atomic E-state index is 13.9. The third kappa shape index (κ3) is 7.25. The molecular weight excluding hydrogens is 703 g/mol. The average molecular weight is 762 g/mol. The fourth-order valence-corrected chi connectivity index (χ4v) is 13.3. The van der Waals surface area contributed by atoms with Crippen LogP contribution in [0.5, 0.6) is 0 Å². The number of hydrogen-bond donors (Lipinski definition) is 4. The minimum Gasteiger partial charge on any atom is -0.462 e. The van der Waals surface area contributed by atoms with Crippen LogP contribution in [0.4, 0.5) is 0 Å². The van der Waals surface area contributed by atoms with Gasteiger partial charge in [-0.2, -0.15) is 0 Å². The van der Waals surface area contributed by atoms with Gasteiger partial charge in [-0.3, -0.25) is 9.59 Å². The summed E-state index contributed by atoms with van der Waals surface area (Å²) in [7, 11) is 3.69. The summed E-state index contributed by atoms with van der Waals surface area (Å²) < 4.78 is 20.4. The van der Waals surface area contributed by atoms with Crippen LogP contribution in [0, 0.1) is 41.4 Å². The molecule has 13 heteroatoms. The number of allylic oxidation sites excluding steroid dienone is 1. The predicted octanol–water partition coefficient (Wildman–Crippen LogP) is 3.96. The third-order valence-corrected chi connectivity index (χ3v) is 16.3. The molecule has 5 saturated heterocycles. The van der Waals surface area contributed by atoms with E-state index in [1.54, 1.807) is 13.0 Å². The second-order valence-electron chi connectivity index (χ2n) is 17.0. The molecule has 0 radical (unpaired) electrons. The molecule has 7 aliphatic rings. The monoisotopic (exact) mass is 761 g/mol. The molecule has 2 aliphatic carbocycles. The number of nitrogens with one attached hydrogen (secondary N) is 1. The van der Waals surface area contributed by atoms with Crippen molar-refractivity contribution < 1.29 is 38.8 Å². The van der Waals surface area contributed by atoms with Gasteiger partial charge in [0.15, 0.2) is 0 Å². The van der Waals surface area contributed by atoms with Crippen LogP contribution in [0.15, 0.2) is 23.3 Å². The molecule has 1 amide bonds. The highest BCUT2D eigenvalue weighted by Crippen LogP contribution is 2.62. The molecule has 1 saturated carbocycles. The first kappa shape index (κ1) is 38.7. The Balaban J connectivity index is 1.25. The maximum atomic E-state index is 13.9. The molecular formula is C39H59N3O8S2. The van der Waals surface area contributed by atoms with Gasteiger partial charge >= 0.3 is 11.9 Å².